The molecule has 15 heavy (non-hydrogen) atoms. The number of benzene rings is 1. The molecule has 1 atom stereocenters. The summed E-state index contributed by atoms with van der Waals surface area (Å²) in [5.41, 5.74) is 1.09. The van der Waals surface area contributed by atoms with Crippen molar-refractivity contribution < 1.29 is 4.39 Å². The Hall–Kier alpha value is -0.410. The first-order chi connectivity index (χ1) is 7.25. The minimum Gasteiger partial charge on any atom is -0.316 e. The van der Waals surface area contributed by atoms with E-state index in [-0.39, 0.29) is 5.82 Å². The van der Waals surface area contributed by atoms with Gasteiger partial charge < -0.3 is 5.32 Å². The average molecular weight is 272 g/mol. The number of piperidine rings is 1. The van der Waals surface area contributed by atoms with Crippen molar-refractivity contribution in [3.63, 3.8) is 0 Å². The highest BCUT2D eigenvalue weighted by molar-refractivity contribution is 9.10. The summed E-state index contributed by atoms with van der Waals surface area (Å²) in [5.74, 6) is 0.508. The van der Waals surface area contributed by atoms with Gasteiger partial charge in [-0.25, -0.2) is 4.39 Å². The highest BCUT2D eigenvalue weighted by Crippen LogP contribution is 2.23. The van der Waals surface area contributed by atoms with Crippen LogP contribution >= 0.6 is 15.9 Å². The van der Waals surface area contributed by atoms with Crippen LogP contribution in [0.4, 0.5) is 4.39 Å². The van der Waals surface area contributed by atoms with Gasteiger partial charge in [-0.2, -0.15) is 0 Å². The van der Waals surface area contributed by atoms with Gasteiger partial charge in [-0.15, -0.1) is 0 Å². The maximum atomic E-state index is 13.1. The molecule has 0 bridgehead atoms. The molecule has 1 unspecified atom stereocenters. The maximum absolute atomic E-state index is 13.1. The van der Waals surface area contributed by atoms with Crippen LogP contribution in [-0.2, 0) is 6.42 Å². The highest BCUT2D eigenvalue weighted by atomic mass is 79.9. The molecular weight excluding hydrogens is 257 g/mol. The van der Waals surface area contributed by atoms with Crippen molar-refractivity contribution in [1.29, 1.82) is 0 Å². The first kappa shape index (κ1) is 11.1. The van der Waals surface area contributed by atoms with Crippen LogP contribution in [-0.4, -0.2) is 13.1 Å². The van der Waals surface area contributed by atoms with Crippen LogP contribution in [0.1, 0.15) is 18.4 Å². The summed E-state index contributed by atoms with van der Waals surface area (Å²) in [6, 6.07) is 4.92. The molecule has 0 aromatic heterocycles. The Morgan fingerprint density at radius 2 is 2.33 bits per heavy atom. The quantitative estimate of drug-likeness (QED) is 0.872. The second-order valence-corrected chi connectivity index (χ2v) is 5.01. The van der Waals surface area contributed by atoms with E-state index in [9.17, 15) is 4.39 Å². The topological polar surface area (TPSA) is 12.0 Å². The molecule has 1 aliphatic heterocycles. The SMILES string of the molecule is Fc1ccc(Br)c(CC2CCCNC2)c1. The summed E-state index contributed by atoms with van der Waals surface area (Å²) in [4.78, 5) is 0. The van der Waals surface area contributed by atoms with E-state index in [0.717, 1.165) is 29.5 Å². The largest absolute Gasteiger partial charge is 0.316 e. The van der Waals surface area contributed by atoms with Gasteiger partial charge in [0.2, 0.25) is 0 Å². The van der Waals surface area contributed by atoms with Crippen molar-refractivity contribution in [3.05, 3.63) is 34.1 Å². The number of nitrogens with one attached hydrogen (secondary N) is 1. The number of rotatable bonds is 2. The minimum absolute atomic E-state index is 0.142. The summed E-state index contributed by atoms with van der Waals surface area (Å²) in [6.45, 7) is 2.18. The molecule has 1 aliphatic rings. The lowest BCUT2D eigenvalue weighted by molar-refractivity contribution is 0.375. The number of hydrogen-bond donors (Lipinski definition) is 1. The molecule has 0 radical (unpaired) electrons. The molecule has 1 aromatic carbocycles. The fourth-order valence-electron chi connectivity index (χ4n) is 2.11. The third kappa shape index (κ3) is 3.02. The van der Waals surface area contributed by atoms with Crippen molar-refractivity contribution in [2.75, 3.05) is 13.1 Å². The summed E-state index contributed by atoms with van der Waals surface area (Å²) >= 11 is 3.47. The van der Waals surface area contributed by atoms with Crippen LogP contribution < -0.4 is 5.32 Å². The summed E-state index contributed by atoms with van der Waals surface area (Å²) in [5, 5.41) is 3.38. The lowest BCUT2D eigenvalue weighted by Crippen LogP contribution is -2.30. The summed E-state index contributed by atoms with van der Waals surface area (Å²) in [6.07, 6.45) is 3.44. The molecule has 82 valence electrons. The van der Waals surface area contributed by atoms with E-state index < -0.39 is 0 Å². The molecule has 0 saturated carbocycles. The molecule has 0 spiro atoms. The Morgan fingerprint density at radius 3 is 3.07 bits per heavy atom. The lowest BCUT2D eigenvalue weighted by Gasteiger charge is -2.23. The van der Waals surface area contributed by atoms with E-state index in [1.807, 2.05) is 0 Å². The third-order valence-electron chi connectivity index (χ3n) is 2.92. The molecule has 2 rings (SSSR count). The van der Waals surface area contributed by atoms with E-state index >= 15 is 0 Å². The molecule has 1 nitrogen and oxygen atoms in total. The van der Waals surface area contributed by atoms with Gasteiger partial charge in [0, 0.05) is 4.47 Å². The monoisotopic (exact) mass is 271 g/mol. The molecular formula is C12H15BrFN. The van der Waals surface area contributed by atoms with Crippen LogP contribution in [0, 0.1) is 11.7 Å². The zero-order valence-electron chi connectivity index (χ0n) is 8.60. The molecule has 3 heteroatoms. The maximum Gasteiger partial charge on any atom is 0.123 e. The van der Waals surface area contributed by atoms with E-state index in [1.54, 1.807) is 12.1 Å². The van der Waals surface area contributed by atoms with Gasteiger partial charge in [0.15, 0.2) is 0 Å². The molecule has 0 aliphatic carbocycles. The number of halogens is 2. The molecule has 1 heterocycles. The smallest absolute Gasteiger partial charge is 0.123 e. The summed E-state index contributed by atoms with van der Waals surface area (Å²) in [7, 11) is 0. The molecule has 1 saturated heterocycles. The Labute approximate surface area is 98.2 Å². The Kier molecular flexibility index (Phi) is 3.76. The highest BCUT2D eigenvalue weighted by Gasteiger charge is 2.15. The van der Waals surface area contributed by atoms with Crippen molar-refractivity contribution in [2.45, 2.75) is 19.3 Å². The van der Waals surface area contributed by atoms with E-state index in [0.29, 0.717) is 5.92 Å². The van der Waals surface area contributed by atoms with Crippen molar-refractivity contribution in [3.8, 4) is 0 Å². The van der Waals surface area contributed by atoms with Gasteiger partial charge in [0.1, 0.15) is 5.82 Å². The first-order valence-electron chi connectivity index (χ1n) is 5.40. The Balaban J connectivity index is 2.05. The Bertz CT molecular complexity index is 334. The van der Waals surface area contributed by atoms with Crippen LogP contribution in [0.15, 0.2) is 22.7 Å². The fraction of sp³-hybridized carbons (Fsp3) is 0.500. The van der Waals surface area contributed by atoms with Crippen molar-refractivity contribution >= 4 is 15.9 Å². The second kappa shape index (κ2) is 5.08. The third-order valence-corrected chi connectivity index (χ3v) is 3.69. The number of hydrogen-bond acceptors (Lipinski definition) is 1. The zero-order chi connectivity index (χ0) is 10.7. The van der Waals surface area contributed by atoms with Crippen LogP contribution in [0.3, 0.4) is 0 Å². The van der Waals surface area contributed by atoms with Gasteiger partial charge in [0.05, 0.1) is 0 Å². The van der Waals surface area contributed by atoms with Crippen LogP contribution in [0.2, 0.25) is 0 Å². The molecule has 1 N–H and O–H groups in total. The predicted octanol–water partition coefficient (Wildman–Crippen LogP) is 3.13. The molecule has 0 amide bonds. The standard InChI is InChI=1S/C12H15BrFN/c13-12-4-3-11(14)7-10(12)6-9-2-1-5-15-8-9/h3-4,7,9,15H,1-2,5-6,8H2. The van der Waals surface area contributed by atoms with E-state index in [1.165, 1.54) is 18.9 Å². The molecule has 1 fully saturated rings. The van der Waals surface area contributed by atoms with Gasteiger partial charge >= 0.3 is 0 Å². The normalized spacial score (nSPS) is 21.6. The minimum atomic E-state index is -0.142. The van der Waals surface area contributed by atoms with Gasteiger partial charge in [-0.3, -0.25) is 0 Å². The first-order valence-corrected chi connectivity index (χ1v) is 6.19. The lowest BCUT2D eigenvalue weighted by atomic mass is 9.92. The average Bonchev–Trinajstić information content (AvgIpc) is 2.25. The van der Waals surface area contributed by atoms with Gasteiger partial charge in [-0.1, -0.05) is 15.9 Å². The van der Waals surface area contributed by atoms with Gasteiger partial charge in [0.25, 0.3) is 0 Å². The van der Waals surface area contributed by atoms with Crippen molar-refractivity contribution in [2.24, 2.45) is 5.92 Å². The summed E-state index contributed by atoms with van der Waals surface area (Å²) < 4.78 is 14.1. The second-order valence-electron chi connectivity index (χ2n) is 4.15. The fourth-order valence-corrected chi connectivity index (χ4v) is 2.52. The van der Waals surface area contributed by atoms with Crippen LogP contribution in [0.25, 0.3) is 0 Å². The Morgan fingerprint density at radius 1 is 1.47 bits per heavy atom. The van der Waals surface area contributed by atoms with Crippen molar-refractivity contribution in [1.82, 2.24) is 5.32 Å². The van der Waals surface area contributed by atoms with Gasteiger partial charge in [-0.05, 0) is 62.0 Å². The predicted molar refractivity (Wildman–Crippen MR) is 63.4 cm³/mol. The molecule has 1 aromatic rings. The van der Waals surface area contributed by atoms with Crippen LogP contribution in [0.5, 0.6) is 0 Å². The zero-order valence-corrected chi connectivity index (χ0v) is 10.2. The van der Waals surface area contributed by atoms with E-state index in [4.69, 9.17) is 0 Å². The van der Waals surface area contributed by atoms with E-state index in [2.05, 4.69) is 21.2 Å².